The summed E-state index contributed by atoms with van der Waals surface area (Å²) in [6.45, 7) is 14.8. The Morgan fingerprint density at radius 2 is 1.20 bits per heavy atom. The first-order valence-electron chi connectivity index (χ1n) is 9.08. The summed E-state index contributed by atoms with van der Waals surface area (Å²) in [5.74, 6) is -3.83. The summed E-state index contributed by atoms with van der Waals surface area (Å²) in [5.41, 5.74) is -0.329. The van der Waals surface area contributed by atoms with E-state index in [0.29, 0.717) is 0 Å². The number of nitrogens with zero attached hydrogens (tertiary/aromatic N) is 1. The molecule has 0 heterocycles. The minimum absolute atomic E-state index is 0.329. The van der Waals surface area contributed by atoms with Crippen molar-refractivity contribution in [2.45, 2.75) is 53.4 Å². The third kappa shape index (κ3) is 7.65. The van der Waals surface area contributed by atoms with Gasteiger partial charge in [-0.1, -0.05) is 27.7 Å². The first-order valence-corrected chi connectivity index (χ1v) is 9.08. The number of rotatable bonds is 9. The second kappa shape index (κ2) is 11.6. The standard InChI is InChI=1S/C12H28N.C7H6O5/c1-5-9-13(10-6-2,11-7-3)12-8-4;8-4-1-3(7(11)12)2-5(9)6(4)10/h5-12H2,1-4H3;1-2,8-10H,(H,11,12)/q+1;/p-1. The lowest BCUT2D eigenvalue weighted by Gasteiger charge is -2.38. The molecule has 0 saturated carbocycles. The van der Waals surface area contributed by atoms with E-state index in [0.717, 1.165) is 12.1 Å². The minimum Gasteiger partial charge on any atom is -0.867 e. The van der Waals surface area contributed by atoms with E-state index in [1.807, 2.05) is 0 Å². The molecule has 25 heavy (non-hydrogen) atoms. The van der Waals surface area contributed by atoms with Gasteiger partial charge in [-0.15, -0.1) is 0 Å². The largest absolute Gasteiger partial charge is 0.867 e. The number of aromatic hydroxyl groups is 2. The van der Waals surface area contributed by atoms with E-state index >= 15 is 0 Å². The van der Waals surface area contributed by atoms with E-state index in [1.165, 1.54) is 56.3 Å². The SMILES string of the molecule is CCC[N+](CCC)(CCC)CCC.O=C(O)c1cc(O)c([O-])c(O)c1. The number of hydrogen-bond donors (Lipinski definition) is 3. The van der Waals surface area contributed by atoms with Crippen LogP contribution in [0.2, 0.25) is 0 Å². The van der Waals surface area contributed by atoms with E-state index < -0.39 is 23.2 Å². The zero-order valence-corrected chi connectivity index (χ0v) is 15.9. The Labute approximate surface area is 150 Å². The smallest absolute Gasteiger partial charge is 0.335 e. The Hall–Kier alpha value is -1.95. The fourth-order valence-electron chi connectivity index (χ4n) is 3.29. The molecule has 1 rings (SSSR count). The molecule has 0 aliphatic carbocycles. The van der Waals surface area contributed by atoms with Crippen molar-refractivity contribution in [2.24, 2.45) is 0 Å². The Kier molecular flexibility index (Phi) is 10.7. The first-order chi connectivity index (χ1) is 11.8. The van der Waals surface area contributed by atoms with Gasteiger partial charge in [0, 0.05) is 0 Å². The average molecular weight is 355 g/mol. The molecule has 0 radical (unpaired) electrons. The van der Waals surface area contributed by atoms with Crippen molar-refractivity contribution in [1.29, 1.82) is 0 Å². The van der Waals surface area contributed by atoms with Gasteiger partial charge in [-0.05, 0) is 43.6 Å². The predicted octanol–water partition coefficient (Wildman–Crippen LogP) is 3.31. The topological polar surface area (TPSA) is 101 Å². The maximum atomic E-state index is 10.7. The Bertz CT molecular complexity index is 478. The van der Waals surface area contributed by atoms with Crippen LogP contribution in [0.3, 0.4) is 0 Å². The molecule has 144 valence electrons. The molecular formula is C19H33NO5. The van der Waals surface area contributed by atoms with Crippen LogP contribution in [0, 0.1) is 0 Å². The van der Waals surface area contributed by atoms with Gasteiger partial charge in [-0.3, -0.25) is 0 Å². The quantitative estimate of drug-likeness (QED) is 0.590. The van der Waals surface area contributed by atoms with Crippen molar-refractivity contribution in [3.8, 4) is 17.2 Å². The monoisotopic (exact) mass is 355 g/mol. The number of carboxylic acid groups (broad SMARTS) is 1. The lowest BCUT2D eigenvalue weighted by Crippen LogP contribution is -2.50. The first kappa shape index (κ1) is 23.1. The van der Waals surface area contributed by atoms with E-state index in [-0.39, 0.29) is 5.56 Å². The molecule has 0 aromatic heterocycles. The molecule has 0 spiro atoms. The highest BCUT2D eigenvalue weighted by molar-refractivity contribution is 5.89. The minimum atomic E-state index is -1.32. The molecule has 6 heteroatoms. The van der Waals surface area contributed by atoms with Crippen LogP contribution in [-0.2, 0) is 0 Å². The van der Waals surface area contributed by atoms with Crippen LogP contribution in [0.25, 0.3) is 0 Å². The number of phenolic OH excluding ortho intramolecular Hbond substituents is 2. The zero-order chi connectivity index (χ0) is 19.5. The number of carbonyl (C=O) groups is 1. The third-order valence-corrected chi connectivity index (χ3v) is 4.09. The predicted molar refractivity (Wildman–Crippen MR) is 97.1 cm³/mol. The van der Waals surface area contributed by atoms with E-state index in [1.54, 1.807) is 0 Å². The molecule has 0 bridgehead atoms. The number of phenols is 2. The van der Waals surface area contributed by atoms with E-state index in [9.17, 15) is 9.90 Å². The van der Waals surface area contributed by atoms with Crippen LogP contribution >= 0.6 is 0 Å². The van der Waals surface area contributed by atoms with Crippen molar-refractivity contribution >= 4 is 5.97 Å². The third-order valence-electron chi connectivity index (χ3n) is 4.09. The van der Waals surface area contributed by atoms with Crippen LogP contribution in [-0.4, -0.2) is 52.0 Å². The summed E-state index contributed by atoms with van der Waals surface area (Å²) in [5, 5.41) is 36.6. The van der Waals surface area contributed by atoms with Gasteiger partial charge in [0.25, 0.3) is 0 Å². The highest BCUT2D eigenvalue weighted by Gasteiger charge is 2.22. The number of benzene rings is 1. The van der Waals surface area contributed by atoms with Crippen molar-refractivity contribution in [3.63, 3.8) is 0 Å². The molecule has 3 N–H and O–H groups in total. The molecule has 0 unspecified atom stereocenters. The summed E-state index contributed by atoms with van der Waals surface area (Å²) >= 11 is 0. The van der Waals surface area contributed by atoms with Crippen molar-refractivity contribution in [1.82, 2.24) is 0 Å². The second-order valence-electron chi connectivity index (χ2n) is 6.38. The summed E-state index contributed by atoms with van der Waals surface area (Å²) in [7, 11) is 0. The van der Waals surface area contributed by atoms with Gasteiger partial charge >= 0.3 is 5.97 Å². The molecule has 0 amide bonds. The molecule has 1 aromatic carbocycles. The maximum Gasteiger partial charge on any atom is 0.335 e. The molecule has 1 aromatic rings. The van der Waals surface area contributed by atoms with Gasteiger partial charge in [0.1, 0.15) is 11.5 Å². The lowest BCUT2D eigenvalue weighted by atomic mass is 10.2. The summed E-state index contributed by atoms with van der Waals surface area (Å²) in [4.78, 5) is 10.3. The van der Waals surface area contributed by atoms with Crippen molar-refractivity contribution < 1.29 is 29.7 Å². The molecule has 0 saturated heterocycles. The number of aromatic carboxylic acids is 1. The normalized spacial score (nSPS) is 10.9. The van der Waals surface area contributed by atoms with Gasteiger partial charge in [0.05, 0.1) is 31.7 Å². The van der Waals surface area contributed by atoms with Gasteiger partial charge in [0.2, 0.25) is 0 Å². The molecule has 0 atom stereocenters. The van der Waals surface area contributed by atoms with Crippen LogP contribution in [0.5, 0.6) is 17.2 Å². The highest BCUT2D eigenvalue weighted by Crippen LogP contribution is 2.32. The average Bonchev–Trinajstić information content (AvgIpc) is 2.53. The lowest BCUT2D eigenvalue weighted by molar-refractivity contribution is -0.928. The van der Waals surface area contributed by atoms with Gasteiger partial charge in [-0.25, -0.2) is 4.79 Å². The number of quaternary nitrogens is 1. The van der Waals surface area contributed by atoms with E-state index in [4.69, 9.17) is 15.3 Å². The highest BCUT2D eigenvalue weighted by atomic mass is 16.4. The Morgan fingerprint density at radius 1 is 0.880 bits per heavy atom. The molecule has 0 aliphatic rings. The summed E-state index contributed by atoms with van der Waals surface area (Å²) in [6, 6.07) is 1.56. The fourth-order valence-corrected chi connectivity index (χ4v) is 3.29. The Balaban J connectivity index is 0.000000462. The van der Waals surface area contributed by atoms with Gasteiger partial charge < -0.3 is 24.9 Å². The summed E-state index contributed by atoms with van der Waals surface area (Å²) in [6.07, 6.45) is 5.33. The molecule has 6 nitrogen and oxygen atoms in total. The van der Waals surface area contributed by atoms with Crippen LogP contribution in [0.15, 0.2) is 12.1 Å². The summed E-state index contributed by atoms with van der Waals surface area (Å²) < 4.78 is 1.38. The number of carboxylic acids is 1. The van der Waals surface area contributed by atoms with Gasteiger partial charge in [0.15, 0.2) is 0 Å². The second-order valence-corrected chi connectivity index (χ2v) is 6.38. The van der Waals surface area contributed by atoms with Crippen molar-refractivity contribution in [3.05, 3.63) is 17.7 Å². The van der Waals surface area contributed by atoms with Crippen molar-refractivity contribution in [2.75, 3.05) is 26.2 Å². The molecular weight excluding hydrogens is 322 g/mol. The molecule has 0 aliphatic heterocycles. The fraction of sp³-hybridized carbons (Fsp3) is 0.632. The molecule has 0 fully saturated rings. The van der Waals surface area contributed by atoms with E-state index in [2.05, 4.69) is 27.7 Å². The Morgan fingerprint density at radius 3 is 1.44 bits per heavy atom. The van der Waals surface area contributed by atoms with Crippen LogP contribution < -0.4 is 5.11 Å². The van der Waals surface area contributed by atoms with Crippen LogP contribution in [0.4, 0.5) is 0 Å². The van der Waals surface area contributed by atoms with Crippen LogP contribution in [0.1, 0.15) is 63.7 Å². The number of hydrogen-bond acceptors (Lipinski definition) is 4. The van der Waals surface area contributed by atoms with Gasteiger partial charge in [-0.2, -0.15) is 0 Å². The zero-order valence-electron chi connectivity index (χ0n) is 15.9. The maximum absolute atomic E-state index is 10.7.